The molecule has 0 N–H and O–H groups in total. The Morgan fingerprint density at radius 1 is 1.10 bits per heavy atom. The molecule has 0 unspecified atom stereocenters. The molecule has 108 valence electrons. The van der Waals surface area contributed by atoms with Crippen LogP contribution >= 0.6 is 11.6 Å². The molecule has 2 nitrogen and oxygen atoms in total. The summed E-state index contributed by atoms with van der Waals surface area (Å²) in [5, 5.41) is 1.58. The molecule has 1 heterocycles. The first-order valence-corrected chi connectivity index (χ1v) is 7.21. The van der Waals surface area contributed by atoms with Crippen LogP contribution in [0.25, 0.3) is 10.9 Å². The van der Waals surface area contributed by atoms with Gasteiger partial charge in [-0.3, -0.25) is 0 Å². The number of hydrogen-bond acceptors (Lipinski definition) is 1. The summed E-state index contributed by atoms with van der Waals surface area (Å²) in [6, 6.07) is 14.1. The van der Waals surface area contributed by atoms with Crippen LogP contribution in [0.2, 0.25) is 5.02 Å². The number of aryl methyl sites for hydroxylation is 1. The van der Waals surface area contributed by atoms with Crippen molar-refractivity contribution in [1.82, 2.24) is 4.57 Å². The molecule has 0 radical (unpaired) electrons. The molecule has 21 heavy (non-hydrogen) atoms. The molecular weight excluding hydrogens is 289 g/mol. The number of ether oxygens (including phenoxy) is 1. The van der Waals surface area contributed by atoms with Crippen LogP contribution in [-0.2, 0) is 13.2 Å². The molecular formula is C17H15ClFNO. The van der Waals surface area contributed by atoms with E-state index in [1.165, 1.54) is 6.07 Å². The SMILES string of the molecule is CCn1c(COc2ccc(Cl)cc2)cc2cc(F)ccc21. The predicted molar refractivity (Wildman–Crippen MR) is 83.4 cm³/mol. The lowest BCUT2D eigenvalue weighted by molar-refractivity contribution is 0.296. The summed E-state index contributed by atoms with van der Waals surface area (Å²) in [5.74, 6) is 0.541. The van der Waals surface area contributed by atoms with Crippen LogP contribution in [0, 0.1) is 5.82 Å². The van der Waals surface area contributed by atoms with Crippen LogP contribution in [0.4, 0.5) is 4.39 Å². The molecule has 0 aliphatic heterocycles. The number of benzene rings is 2. The molecule has 0 aliphatic carbocycles. The van der Waals surface area contributed by atoms with Crippen LogP contribution in [0.1, 0.15) is 12.6 Å². The highest BCUT2D eigenvalue weighted by molar-refractivity contribution is 6.30. The fourth-order valence-electron chi connectivity index (χ4n) is 2.48. The van der Waals surface area contributed by atoms with Gasteiger partial charge in [0, 0.05) is 22.5 Å². The molecule has 3 aromatic rings. The average molecular weight is 304 g/mol. The maximum Gasteiger partial charge on any atom is 0.128 e. The van der Waals surface area contributed by atoms with Gasteiger partial charge < -0.3 is 9.30 Å². The second-order valence-corrected chi connectivity index (χ2v) is 5.26. The second-order valence-electron chi connectivity index (χ2n) is 4.83. The van der Waals surface area contributed by atoms with Gasteiger partial charge in [-0.25, -0.2) is 4.39 Å². The zero-order chi connectivity index (χ0) is 14.8. The average Bonchev–Trinajstić information content (AvgIpc) is 2.83. The smallest absolute Gasteiger partial charge is 0.128 e. The third-order valence-electron chi connectivity index (χ3n) is 3.47. The molecule has 0 fully saturated rings. The Morgan fingerprint density at radius 3 is 2.57 bits per heavy atom. The monoisotopic (exact) mass is 303 g/mol. The van der Waals surface area contributed by atoms with Crippen molar-refractivity contribution in [2.75, 3.05) is 0 Å². The van der Waals surface area contributed by atoms with Crippen LogP contribution in [0.5, 0.6) is 5.75 Å². The number of fused-ring (bicyclic) bond motifs is 1. The summed E-state index contributed by atoms with van der Waals surface area (Å²) in [5.41, 5.74) is 2.04. The van der Waals surface area contributed by atoms with E-state index in [4.69, 9.17) is 16.3 Å². The lowest BCUT2D eigenvalue weighted by atomic mass is 10.2. The molecule has 2 aromatic carbocycles. The first-order chi connectivity index (χ1) is 10.2. The molecule has 0 aliphatic rings. The minimum Gasteiger partial charge on any atom is -0.487 e. The number of aromatic nitrogens is 1. The van der Waals surface area contributed by atoms with Crippen LogP contribution in [0.3, 0.4) is 0 Å². The van der Waals surface area contributed by atoms with Crippen molar-refractivity contribution in [3.05, 3.63) is 65.1 Å². The summed E-state index contributed by atoms with van der Waals surface area (Å²) >= 11 is 5.85. The third kappa shape index (κ3) is 2.88. The molecule has 3 rings (SSSR count). The fraction of sp³-hybridized carbons (Fsp3) is 0.176. The maximum absolute atomic E-state index is 13.3. The Balaban J connectivity index is 1.87. The van der Waals surface area contributed by atoms with Gasteiger partial charge in [-0.05, 0) is 55.5 Å². The quantitative estimate of drug-likeness (QED) is 0.659. The Kier molecular flexibility index (Phi) is 3.84. The number of hydrogen-bond donors (Lipinski definition) is 0. The summed E-state index contributed by atoms with van der Waals surface area (Å²) in [4.78, 5) is 0. The zero-order valence-electron chi connectivity index (χ0n) is 11.6. The van der Waals surface area contributed by atoms with Crippen LogP contribution < -0.4 is 4.74 Å². The van der Waals surface area contributed by atoms with Gasteiger partial charge in [0.25, 0.3) is 0 Å². The highest BCUT2D eigenvalue weighted by atomic mass is 35.5. The van der Waals surface area contributed by atoms with E-state index in [1.54, 1.807) is 24.3 Å². The Bertz CT molecular complexity index is 764. The molecule has 0 amide bonds. The Hall–Kier alpha value is -2.00. The van der Waals surface area contributed by atoms with Gasteiger partial charge in [-0.15, -0.1) is 0 Å². The van der Waals surface area contributed by atoms with E-state index in [0.29, 0.717) is 11.6 Å². The minimum absolute atomic E-state index is 0.221. The molecule has 0 saturated heterocycles. The maximum atomic E-state index is 13.3. The standard InChI is InChI=1S/C17H15ClFNO/c1-2-20-15(10-12-9-14(19)5-8-17(12)20)11-21-16-6-3-13(18)4-7-16/h3-10H,2,11H2,1H3. The van der Waals surface area contributed by atoms with Gasteiger partial charge in [0.15, 0.2) is 0 Å². The summed E-state index contributed by atoms with van der Waals surface area (Å²) in [6.07, 6.45) is 0. The van der Waals surface area contributed by atoms with Gasteiger partial charge in [-0.1, -0.05) is 11.6 Å². The van der Waals surface area contributed by atoms with Crippen molar-refractivity contribution in [2.45, 2.75) is 20.1 Å². The van der Waals surface area contributed by atoms with Gasteiger partial charge in [0.1, 0.15) is 18.2 Å². The van der Waals surface area contributed by atoms with Gasteiger partial charge in [0.05, 0.1) is 5.69 Å². The largest absolute Gasteiger partial charge is 0.487 e. The van der Waals surface area contributed by atoms with Crippen molar-refractivity contribution >= 4 is 22.5 Å². The minimum atomic E-state index is -0.221. The topological polar surface area (TPSA) is 14.2 Å². The zero-order valence-corrected chi connectivity index (χ0v) is 12.4. The van der Waals surface area contributed by atoms with Gasteiger partial charge in [-0.2, -0.15) is 0 Å². The van der Waals surface area contributed by atoms with E-state index in [0.717, 1.165) is 28.9 Å². The van der Waals surface area contributed by atoms with E-state index in [1.807, 2.05) is 18.2 Å². The lowest BCUT2D eigenvalue weighted by Crippen LogP contribution is -2.04. The van der Waals surface area contributed by atoms with Gasteiger partial charge in [0.2, 0.25) is 0 Å². The van der Waals surface area contributed by atoms with E-state index >= 15 is 0 Å². The first kappa shape index (κ1) is 14.0. The predicted octanol–water partition coefficient (Wildman–Crippen LogP) is 5.03. The highest BCUT2D eigenvalue weighted by Gasteiger charge is 2.09. The van der Waals surface area contributed by atoms with Crippen molar-refractivity contribution < 1.29 is 9.13 Å². The molecule has 0 atom stereocenters. The van der Waals surface area contributed by atoms with Crippen molar-refractivity contribution in [2.24, 2.45) is 0 Å². The van der Waals surface area contributed by atoms with Crippen LogP contribution in [-0.4, -0.2) is 4.57 Å². The summed E-state index contributed by atoms with van der Waals surface area (Å²) in [6.45, 7) is 3.31. The number of nitrogens with zero attached hydrogens (tertiary/aromatic N) is 1. The first-order valence-electron chi connectivity index (χ1n) is 6.83. The normalized spacial score (nSPS) is 11.0. The molecule has 4 heteroatoms. The Labute approximate surface area is 127 Å². The molecule has 0 spiro atoms. The van der Waals surface area contributed by atoms with E-state index < -0.39 is 0 Å². The molecule has 1 aromatic heterocycles. The van der Waals surface area contributed by atoms with Crippen molar-refractivity contribution in [1.29, 1.82) is 0 Å². The van der Waals surface area contributed by atoms with E-state index in [-0.39, 0.29) is 5.82 Å². The lowest BCUT2D eigenvalue weighted by Gasteiger charge is -2.10. The number of halogens is 2. The third-order valence-corrected chi connectivity index (χ3v) is 3.72. The summed E-state index contributed by atoms with van der Waals surface area (Å²) in [7, 11) is 0. The number of rotatable bonds is 4. The van der Waals surface area contributed by atoms with Crippen molar-refractivity contribution in [3.63, 3.8) is 0 Å². The Morgan fingerprint density at radius 2 is 1.86 bits per heavy atom. The van der Waals surface area contributed by atoms with E-state index in [2.05, 4.69) is 11.5 Å². The van der Waals surface area contributed by atoms with E-state index in [9.17, 15) is 4.39 Å². The van der Waals surface area contributed by atoms with Crippen molar-refractivity contribution in [3.8, 4) is 5.75 Å². The van der Waals surface area contributed by atoms with Gasteiger partial charge >= 0.3 is 0 Å². The molecule has 0 saturated carbocycles. The van der Waals surface area contributed by atoms with Crippen LogP contribution in [0.15, 0.2) is 48.5 Å². The molecule has 0 bridgehead atoms. The second kappa shape index (κ2) is 5.78. The highest BCUT2D eigenvalue weighted by Crippen LogP contribution is 2.23. The summed E-state index contributed by atoms with van der Waals surface area (Å²) < 4.78 is 21.2. The fourth-order valence-corrected chi connectivity index (χ4v) is 2.61.